The Morgan fingerprint density at radius 3 is 2.57 bits per heavy atom. The Labute approximate surface area is 165 Å². The van der Waals surface area contributed by atoms with Gasteiger partial charge in [0.15, 0.2) is 0 Å². The summed E-state index contributed by atoms with van der Waals surface area (Å²) in [6.07, 6.45) is 1.74. The highest BCUT2D eigenvalue weighted by molar-refractivity contribution is 5.95. The third-order valence-electron chi connectivity index (χ3n) is 6.11. The highest BCUT2D eigenvalue weighted by atomic mass is 19.1. The predicted molar refractivity (Wildman–Crippen MR) is 108 cm³/mol. The van der Waals surface area contributed by atoms with Crippen LogP contribution < -0.4 is 4.90 Å². The molecule has 0 unspecified atom stereocenters. The summed E-state index contributed by atoms with van der Waals surface area (Å²) >= 11 is 0. The second-order valence-corrected chi connectivity index (χ2v) is 8.13. The standard InChI is InChI=1S/C23H27FN2O2/c1-17-6-7-19(12-18(17)2)14-25-10-8-23(9-11-25)16-26(22(27)15-28-23)21-5-3-4-20(24)13-21/h3-7,12-13H,8-11,14-16H2,1-2H3. The van der Waals surface area contributed by atoms with E-state index in [2.05, 4.69) is 36.9 Å². The summed E-state index contributed by atoms with van der Waals surface area (Å²) in [6.45, 7) is 7.63. The Balaban J connectivity index is 1.41. The number of morpholine rings is 1. The van der Waals surface area contributed by atoms with Gasteiger partial charge < -0.3 is 9.64 Å². The van der Waals surface area contributed by atoms with E-state index in [1.165, 1.54) is 28.8 Å². The number of hydrogen-bond donors (Lipinski definition) is 0. The van der Waals surface area contributed by atoms with Crippen molar-refractivity contribution in [1.82, 2.24) is 4.90 Å². The largest absolute Gasteiger partial charge is 0.363 e. The highest BCUT2D eigenvalue weighted by Gasteiger charge is 2.42. The number of hydrogen-bond acceptors (Lipinski definition) is 3. The van der Waals surface area contributed by atoms with Crippen LogP contribution in [0.2, 0.25) is 0 Å². The maximum absolute atomic E-state index is 13.6. The van der Waals surface area contributed by atoms with Crippen molar-refractivity contribution in [3.8, 4) is 0 Å². The molecule has 2 aliphatic heterocycles. The van der Waals surface area contributed by atoms with E-state index in [1.807, 2.05) is 0 Å². The lowest BCUT2D eigenvalue weighted by molar-refractivity contribution is -0.144. The fraction of sp³-hybridized carbons (Fsp3) is 0.435. The lowest BCUT2D eigenvalue weighted by Crippen LogP contribution is -2.58. The molecule has 1 amide bonds. The molecule has 2 saturated heterocycles. The lowest BCUT2D eigenvalue weighted by atomic mass is 9.88. The number of benzene rings is 2. The second kappa shape index (κ2) is 7.64. The maximum Gasteiger partial charge on any atom is 0.253 e. The first-order valence-electron chi connectivity index (χ1n) is 9.93. The van der Waals surface area contributed by atoms with E-state index in [1.54, 1.807) is 17.0 Å². The van der Waals surface area contributed by atoms with Crippen molar-refractivity contribution >= 4 is 11.6 Å². The predicted octanol–water partition coefficient (Wildman–Crippen LogP) is 3.84. The van der Waals surface area contributed by atoms with Gasteiger partial charge in [0.2, 0.25) is 0 Å². The Morgan fingerprint density at radius 1 is 1.07 bits per heavy atom. The first-order chi connectivity index (χ1) is 13.4. The molecule has 0 aromatic heterocycles. The van der Waals surface area contributed by atoms with Crippen molar-refractivity contribution in [3.05, 3.63) is 65.0 Å². The summed E-state index contributed by atoms with van der Waals surface area (Å²) in [5.74, 6) is -0.428. The molecule has 2 fully saturated rings. The van der Waals surface area contributed by atoms with E-state index in [0.29, 0.717) is 12.2 Å². The van der Waals surface area contributed by atoms with Gasteiger partial charge in [-0.05, 0) is 61.6 Å². The average molecular weight is 382 g/mol. The van der Waals surface area contributed by atoms with Gasteiger partial charge in [0, 0.05) is 25.3 Å². The topological polar surface area (TPSA) is 32.8 Å². The summed E-state index contributed by atoms with van der Waals surface area (Å²) in [4.78, 5) is 16.5. The molecule has 148 valence electrons. The molecule has 0 atom stereocenters. The van der Waals surface area contributed by atoms with Gasteiger partial charge in [0.05, 0.1) is 12.1 Å². The van der Waals surface area contributed by atoms with Crippen molar-refractivity contribution < 1.29 is 13.9 Å². The van der Waals surface area contributed by atoms with Crippen LogP contribution in [0, 0.1) is 19.7 Å². The number of halogens is 1. The van der Waals surface area contributed by atoms with Crippen LogP contribution in [0.4, 0.5) is 10.1 Å². The number of ether oxygens (including phenoxy) is 1. The summed E-state index contributed by atoms with van der Waals surface area (Å²) in [5, 5.41) is 0. The lowest BCUT2D eigenvalue weighted by Gasteiger charge is -2.47. The zero-order valence-electron chi connectivity index (χ0n) is 16.6. The van der Waals surface area contributed by atoms with Gasteiger partial charge in [-0.2, -0.15) is 0 Å². The molecule has 4 rings (SSSR count). The zero-order chi connectivity index (χ0) is 19.7. The van der Waals surface area contributed by atoms with Crippen LogP contribution in [-0.4, -0.2) is 42.6 Å². The molecule has 0 radical (unpaired) electrons. The van der Waals surface area contributed by atoms with Gasteiger partial charge in [-0.15, -0.1) is 0 Å². The van der Waals surface area contributed by atoms with Crippen LogP contribution in [0.1, 0.15) is 29.5 Å². The Morgan fingerprint density at radius 2 is 1.86 bits per heavy atom. The fourth-order valence-electron chi connectivity index (χ4n) is 4.18. The van der Waals surface area contributed by atoms with Crippen molar-refractivity contribution in [2.45, 2.75) is 38.8 Å². The van der Waals surface area contributed by atoms with Crippen molar-refractivity contribution in [2.24, 2.45) is 0 Å². The monoisotopic (exact) mass is 382 g/mol. The molecule has 1 spiro atoms. The first kappa shape index (κ1) is 19.1. The van der Waals surface area contributed by atoms with Crippen LogP contribution in [0.3, 0.4) is 0 Å². The maximum atomic E-state index is 13.6. The van der Waals surface area contributed by atoms with Gasteiger partial charge in [-0.25, -0.2) is 4.39 Å². The SMILES string of the molecule is Cc1ccc(CN2CCC3(CC2)CN(c2cccc(F)c2)C(=O)CO3)cc1C. The van der Waals surface area contributed by atoms with Crippen molar-refractivity contribution in [3.63, 3.8) is 0 Å². The quantitative estimate of drug-likeness (QED) is 0.809. The van der Waals surface area contributed by atoms with Crippen LogP contribution in [0.15, 0.2) is 42.5 Å². The first-order valence-corrected chi connectivity index (χ1v) is 9.93. The summed E-state index contributed by atoms with van der Waals surface area (Å²) in [6, 6.07) is 12.9. The number of nitrogens with zero attached hydrogens (tertiary/aromatic N) is 2. The molecule has 0 bridgehead atoms. The van der Waals surface area contributed by atoms with E-state index in [9.17, 15) is 9.18 Å². The molecule has 2 heterocycles. The van der Waals surface area contributed by atoms with Crippen molar-refractivity contribution in [2.75, 3.05) is 31.1 Å². The smallest absolute Gasteiger partial charge is 0.253 e. The summed E-state index contributed by atoms with van der Waals surface area (Å²) in [7, 11) is 0. The minimum Gasteiger partial charge on any atom is -0.363 e. The van der Waals surface area contributed by atoms with Crippen LogP contribution in [-0.2, 0) is 16.1 Å². The van der Waals surface area contributed by atoms with Gasteiger partial charge in [0.1, 0.15) is 12.4 Å². The Kier molecular flexibility index (Phi) is 5.21. The molecule has 28 heavy (non-hydrogen) atoms. The number of rotatable bonds is 3. The van der Waals surface area contributed by atoms with Crippen LogP contribution in [0.25, 0.3) is 0 Å². The molecule has 2 aliphatic rings. The van der Waals surface area contributed by atoms with Crippen LogP contribution in [0.5, 0.6) is 0 Å². The average Bonchev–Trinajstić information content (AvgIpc) is 2.69. The number of likely N-dealkylation sites (tertiary alicyclic amines) is 1. The summed E-state index contributed by atoms with van der Waals surface area (Å²) in [5.41, 5.74) is 4.26. The van der Waals surface area contributed by atoms with Crippen LogP contribution >= 0.6 is 0 Å². The Hall–Kier alpha value is -2.24. The highest BCUT2D eigenvalue weighted by Crippen LogP contribution is 2.33. The van der Waals surface area contributed by atoms with E-state index >= 15 is 0 Å². The van der Waals surface area contributed by atoms with E-state index in [-0.39, 0.29) is 23.9 Å². The van der Waals surface area contributed by atoms with E-state index in [0.717, 1.165) is 32.5 Å². The summed E-state index contributed by atoms with van der Waals surface area (Å²) < 4.78 is 19.6. The Bertz CT molecular complexity index is 875. The third-order valence-corrected chi connectivity index (χ3v) is 6.11. The molecular formula is C23H27FN2O2. The van der Waals surface area contributed by atoms with Gasteiger partial charge in [-0.3, -0.25) is 9.69 Å². The molecule has 4 nitrogen and oxygen atoms in total. The molecule has 5 heteroatoms. The van der Waals surface area contributed by atoms with E-state index in [4.69, 9.17) is 4.74 Å². The molecule has 0 aliphatic carbocycles. The number of aryl methyl sites for hydroxylation is 2. The fourth-order valence-corrected chi connectivity index (χ4v) is 4.18. The van der Waals surface area contributed by atoms with Gasteiger partial charge in [0.25, 0.3) is 5.91 Å². The molecule has 2 aromatic carbocycles. The zero-order valence-corrected chi connectivity index (χ0v) is 16.6. The molecule has 2 aromatic rings. The number of carbonyl (C=O) groups is 1. The third kappa shape index (κ3) is 3.96. The number of carbonyl (C=O) groups excluding carboxylic acids is 1. The molecule has 0 saturated carbocycles. The van der Waals surface area contributed by atoms with E-state index < -0.39 is 0 Å². The molecular weight excluding hydrogens is 355 g/mol. The molecule has 0 N–H and O–H groups in total. The second-order valence-electron chi connectivity index (χ2n) is 8.13. The minimum absolute atomic E-state index is 0.0632. The van der Waals surface area contributed by atoms with Crippen molar-refractivity contribution in [1.29, 1.82) is 0 Å². The normalized spacial score (nSPS) is 20.0. The minimum atomic E-state index is -0.333. The van der Waals surface area contributed by atoms with Gasteiger partial charge >= 0.3 is 0 Å². The number of anilines is 1. The number of piperidine rings is 1. The van der Waals surface area contributed by atoms with Gasteiger partial charge in [-0.1, -0.05) is 24.3 Å². The number of amides is 1.